The van der Waals surface area contributed by atoms with Gasteiger partial charge in [-0.2, -0.15) is 5.10 Å². The van der Waals surface area contributed by atoms with Crippen LogP contribution in [0.3, 0.4) is 0 Å². The molecule has 0 saturated heterocycles. The Hall–Kier alpha value is -1.12. The van der Waals surface area contributed by atoms with Gasteiger partial charge in [0.05, 0.1) is 5.69 Å². The van der Waals surface area contributed by atoms with Crippen LogP contribution < -0.4 is 0 Å². The highest BCUT2D eigenvalue weighted by Crippen LogP contribution is 2.06. The molecule has 0 bridgehead atoms. The third-order valence-corrected chi connectivity index (χ3v) is 2.29. The molecule has 0 aliphatic heterocycles. The van der Waals surface area contributed by atoms with E-state index < -0.39 is 0 Å². The molecule has 0 unspecified atom stereocenters. The van der Waals surface area contributed by atoms with E-state index in [0.29, 0.717) is 18.6 Å². The summed E-state index contributed by atoms with van der Waals surface area (Å²) in [7, 11) is 1.88. The lowest BCUT2D eigenvalue weighted by Gasteiger charge is -2.00. The fourth-order valence-corrected chi connectivity index (χ4v) is 1.49. The third kappa shape index (κ3) is 2.98. The second-order valence-electron chi connectivity index (χ2n) is 3.72. The van der Waals surface area contributed by atoms with Crippen molar-refractivity contribution in [1.29, 1.82) is 0 Å². The number of rotatable bonds is 5. The van der Waals surface area contributed by atoms with Gasteiger partial charge in [0.2, 0.25) is 0 Å². The maximum absolute atomic E-state index is 11.5. The molecule has 1 aromatic heterocycles. The SMILES string of the molecule is CCCCC(=O)Cc1cc(C)nn1C. The smallest absolute Gasteiger partial charge is 0.138 e. The van der Waals surface area contributed by atoms with E-state index in [9.17, 15) is 4.79 Å². The van der Waals surface area contributed by atoms with Crippen molar-refractivity contribution < 1.29 is 4.79 Å². The van der Waals surface area contributed by atoms with Crippen molar-refractivity contribution in [2.45, 2.75) is 39.5 Å². The van der Waals surface area contributed by atoms with Gasteiger partial charge in [0.25, 0.3) is 0 Å². The van der Waals surface area contributed by atoms with Crippen molar-refractivity contribution >= 4 is 5.78 Å². The van der Waals surface area contributed by atoms with Gasteiger partial charge in [0.1, 0.15) is 5.78 Å². The molecule has 78 valence electrons. The Morgan fingerprint density at radius 2 is 2.29 bits per heavy atom. The number of ketones is 1. The molecule has 14 heavy (non-hydrogen) atoms. The van der Waals surface area contributed by atoms with Gasteiger partial charge in [-0.1, -0.05) is 13.3 Å². The molecule has 3 nitrogen and oxygen atoms in total. The fraction of sp³-hybridized carbons (Fsp3) is 0.636. The topological polar surface area (TPSA) is 34.9 Å². The summed E-state index contributed by atoms with van der Waals surface area (Å²) in [6, 6.07) is 1.98. The Morgan fingerprint density at radius 3 is 2.79 bits per heavy atom. The fourth-order valence-electron chi connectivity index (χ4n) is 1.49. The Morgan fingerprint density at radius 1 is 1.57 bits per heavy atom. The van der Waals surface area contributed by atoms with Crippen LogP contribution in [0.5, 0.6) is 0 Å². The van der Waals surface area contributed by atoms with Crippen LogP contribution in [-0.4, -0.2) is 15.6 Å². The molecule has 0 fully saturated rings. The second kappa shape index (κ2) is 4.94. The molecule has 3 heteroatoms. The number of hydrogen-bond donors (Lipinski definition) is 0. The summed E-state index contributed by atoms with van der Waals surface area (Å²) < 4.78 is 1.79. The summed E-state index contributed by atoms with van der Waals surface area (Å²) in [6.45, 7) is 4.04. The van der Waals surface area contributed by atoms with Crippen molar-refractivity contribution in [3.8, 4) is 0 Å². The van der Waals surface area contributed by atoms with Crippen LogP contribution in [0.25, 0.3) is 0 Å². The zero-order valence-electron chi connectivity index (χ0n) is 9.21. The van der Waals surface area contributed by atoms with Gasteiger partial charge in [-0.05, 0) is 19.4 Å². The van der Waals surface area contributed by atoms with Crippen LogP contribution in [0, 0.1) is 6.92 Å². The highest BCUT2D eigenvalue weighted by Gasteiger charge is 2.07. The van der Waals surface area contributed by atoms with Gasteiger partial charge in [0.15, 0.2) is 0 Å². The van der Waals surface area contributed by atoms with Gasteiger partial charge >= 0.3 is 0 Å². The maximum Gasteiger partial charge on any atom is 0.138 e. The zero-order valence-corrected chi connectivity index (χ0v) is 9.21. The molecule has 0 spiro atoms. The van der Waals surface area contributed by atoms with E-state index in [1.807, 2.05) is 20.0 Å². The van der Waals surface area contributed by atoms with Crippen LogP contribution in [-0.2, 0) is 18.3 Å². The van der Waals surface area contributed by atoms with Crippen molar-refractivity contribution in [3.05, 3.63) is 17.5 Å². The summed E-state index contributed by atoms with van der Waals surface area (Å²) in [4.78, 5) is 11.5. The predicted molar refractivity (Wildman–Crippen MR) is 56.2 cm³/mol. The Labute approximate surface area is 85.1 Å². The van der Waals surface area contributed by atoms with Crippen LogP contribution in [0.4, 0.5) is 0 Å². The molecule has 0 aromatic carbocycles. The normalized spacial score (nSPS) is 10.5. The Kier molecular flexibility index (Phi) is 3.86. The number of hydrogen-bond acceptors (Lipinski definition) is 2. The van der Waals surface area contributed by atoms with Crippen molar-refractivity contribution in [3.63, 3.8) is 0 Å². The zero-order chi connectivity index (χ0) is 10.6. The summed E-state index contributed by atoms with van der Waals surface area (Å²) in [5.41, 5.74) is 1.99. The lowest BCUT2D eigenvalue weighted by molar-refractivity contribution is -0.118. The largest absolute Gasteiger partial charge is 0.299 e. The number of carbonyl (C=O) groups excluding carboxylic acids is 1. The molecule has 0 saturated carbocycles. The summed E-state index contributed by atoms with van der Waals surface area (Å²) in [5, 5.41) is 4.21. The number of Topliss-reactive ketones (excluding diaryl/α,β-unsaturated/α-hetero) is 1. The van der Waals surface area contributed by atoms with Gasteiger partial charge in [0, 0.05) is 25.6 Å². The molecule has 0 aliphatic carbocycles. The minimum atomic E-state index is 0.315. The van der Waals surface area contributed by atoms with E-state index in [1.54, 1.807) is 4.68 Å². The molecule has 0 N–H and O–H groups in total. The van der Waals surface area contributed by atoms with Crippen LogP contribution in [0.15, 0.2) is 6.07 Å². The first-order chi connectivity index (χ1) is 6.63. The minimum Gasteiger partial charge on any atom is -0.299 e. The number of aromatic nitrogens is 2. The second-order valence-corrected chi connectivity index (χ2v) is 3.72. The Bertz CT molecular complexity index is 315. The standard InChI is InChI=1S/C11H18N2O/c1-4-5-6-11(14)8-10-7-9(2)12-13(10)3/h7H,4-6,8H2,1-3H3. The Balaban J connectivity index is 2.51. The molecule has 0 atom stereocenters. The van der Waals surface area contributed by atoms with E-state index in [1.165, 1.54) is 0 Å². The number of nitrogens with zero attached hydrogens (tertiary/aromatic N) is 2. The van der Waals surface area contributed by atoms with E-state index in [4.69, 9.17) is 0 Å². The van der Waals surface area contributed by atoms with Gasteiger partial charge in [-0.3, -0.25) is 9.48 Å². The lowest BCUT2D eigenvalue weighted by atomic mass is 10.1. The van der Waals surface area contributed by atoms with Gasteiger partial charge in [-0.25, -0.2) is 0 Å². The predicted octanol–water partition coefficient (Wildman–Crippen LogP) is 2.03. The third-order valence-electron chi connectivity index (χ3n) is 2.29. The lowest BCUT2D eigenvalue weighted by Crippen LogP contribution is -2.07. The first-order valence-corrected chi connectivity index (χ1v) is 5.14. The summed E-state index contributed by atoms with van der Waals surface area (Å²) in [5.74, 6) is 0.315. The van der Waals surface area contributed by atoms with E-state index in [0.717, 1.165) is 24.2 Å². The first kappa shape index (κ1) is 11.0. The van der Waals surface area contributed by atoms with E-state index in [-0.39, 0.29) is 0 Å². The highest BCUT2D eigenvalue weighted by molar-refractivity contribution is 5.80. The first-order valence-electron chi connectivity index (χ1n) is 5.14. The number of unbranched alkanes of at least 4 members (excludes halogenated alkanes) is 1. The monoisotopic (exact) mass is 194 g/mol. The molecule has 0 radical (unpaired) electrons. The van der Waals surface area contributed by atoms with E-state index >= 15 is 0 Å². The molecule has 1 rings (SSSR count). The number of carbonyl (C=O) groups is 1. The molecule has 1 aromatic rings. The summed E-state index contributed by atoms with van der Waals surface area (Å²) in [6.07, 6.45) is 3.30. The molecule has 1 heterocycles. The molecule has 0 aliphatic rings. The van der Waals surface area contributed by atoms with E-state index in [2.05, 4.69) is 12.0 Å². The molecular formula is C11H18N2O. The molecule has 0 amide bonds. The van der Waals surface area contributed by atoms with Crippen molar-refractivity contribution in [2.75, 3.05) is 0 Å². The van der Waals surface area contributed by atoms with Crippen molar-refractivity contribution in [1.82, 2.24) is 9.78 Å². The number of aryl methyl sites for hydroxylation is 2. The average molecular weight is 194 g/mol. The van der Waals surface area contributed by atoms with Crippen LogP contribution >= 0.6 is 0 Å². The summed E-state index contributed by atoms with van der Waals surface area (Å²) >= 11 is 0. The van der Waals surface area contributed by atoms with Crippen LogP contribution in [0.1, 0.15) is 37.6 Å². The maximum atomic E-state index is 11.5. The quantitative estimate of drug-likeness (QED) is 0.719. The minimum absolute atomic E-state index is 0.315. The van der Waals surface area contributed by atoms with Gasteiger partial charge < -0.3 is 0 Å². The molecular weight excluding hydrogens is 176 g/mol. The average Bonchev–Trinajstić information content (AvgIpc) is 2.42. The van der Waals surface area contributed by atoms with Crippen molar-refractivity contribution in [2.24, 2.45) is 7.05 Å². The highest BCUT2D eigenvalue weighted by atomic mass is 16.1. The van der Waals surface area contributed by atoms with Crippen LogP contribution in [0.2, 0.25) is 0 Å². The van der Waals surface area contributed by atoms with Gasteiger partial charge in [-0.15, -0.1) is 0 Å².